The Hall–Kier alpha value is -3.20. The number of nitrogens with one attached hydrogen (secondary N) is 2. The molecule has 1 atom stereocenters. The molecule has 0 aliphatic rings. The van der Waals surface area contributed by atoms with Crippen molar-refractivity contribution in [2.45, 2.75) is 19.1 Å². The zero-order chi connectivity index (χ0) is 21.6. The molecule has 9 heteroatoms. The molecule has 2 rings (SSSR count). The van der Waals surface area contributed by atoms with Crippen LogP contribution in [0.2, 0.25) is 0 Å². The highest BCUT2D eigenvalue weighted by Gasteiger charge is 2.31. The van der Waals surface area contributed by atoms with E-state index in [2.05, 4.69) is 10.6 Å². The molecule has 2 aromatic rings. The Morgan fingerprint density at radius 1 is 1.00 bits per heavy atom. The summed E-state index contributed by atoms with van der Waals surface area (Å²) < 4.78 is 30.2. The van der Waals surface area contributed by atoms with E-state index in [0.29, 0.717) is 17.1 Å². The van der Waals surface area contributed by atoms with Crippen molar-refractivity contribution in [1.82, 2.24) is 0 Å². The third-order valence-electron chi connectivity index (χ3n) is 4.11. The maximum Gasteiger partial charge on any atom is 0.239 e. The van der Waals surface area contributed by atoms with E-state index in [-0.39, 0.29) is 11.5 Å². The Labute approximate surface area is 169 Å². The summed E-state index contributed by atoms with van der Waals surface area (Å²) in [6, 6.07) is 12.4. The van der Waals surface area contributed by atoms with Gasteiger partial charge in [0.05, 0.1) is 12.8 Å². The number of ketones is 1. The third kappa shape index (κ3) is 5.89. The Balaban J connectivity index is 2.08. The number of carbonyl (C=O) groups excluding carboxylic acids is 3. The van der Waals surface area contributed by atoms with Crippen molar-refractivity contribution in [1.29, 1.82) is 0 Å². The predicted molar refractivity (Wildman–Crippen MR) is 110 cm³/mol. The zero-order valence-electron chi connectivity index (χ0n) is 16.3. The highest BCUT2D eigenvalue weighted by molar-refractivity contribution is 7.93. The van der Waals surface area contributed by atoms with Crippen LogP contribution in [0.4, 0.5) is 11.4 Å². The fraction of sp³-hybridized carbons (Fsp3) is 0.250. The average molecular weight is 418 g/mol. The predicted octanol–water partition coefficient (Wildman–Crippen LogP) is 2.28. The summed E-state index contributed by atoms with van der Waals surface area (Å²) in [6.45, 7) is 2.60. The third-order valence-corrected chi connectivity index (χ3v) is 6.07. The number of carbonyl (C=O) groups is 3. The van der Waals surface area contributed by atoms with Gasteiger partial charge in [-0.25, -0.2) is 8.42 Å². The minimum Gasteiger partial charge on any atom is -0.495 e. The molecule has 0 aliphatic heterocycles. The van der Waals surface area contributed by atoms with E-state index in [4.69, 9.17) is 4.74 Å². The molecule has 154 valence electrons. The van der Waals surface area contributed by atoms with Crippen LogP contribution in [0.1, 0.15) is 24.2 Å². The van der Waals surface area contributed by atoms with Gasteiger partial charge in [-0.3, -0.25) is 14.4 Å². The summed E-state index contributed by atoms with van der Waals surface area (Å²) in [5.74, 6) is -2.12. The van der Waals surface area contributed by atoms with Crippen molar-refractivity contribution in [2.75, 3.05) is 23.5 Å². The molecule has 0 heterocycles. The van der Waals surface area contributed by atoms with E-state index in [1.54, 1.807) is 24.3 Å². The number of rotatable bonds is 8. The fourth-order valence-corrected chi connectivity index (χ4v) is 3.71. The van der Waals surface area contributed by atoms with Gasteiger partial charge < -0.3 is 15.4 Å². The first-order chi connectivity index (χ1) is 13.6. The number of sulfone groups is 1. The Morgan fingerprint density at radius 2 is 1.62 bits per heavy atom. The van der Waals surface area contributed by atoms with Crippen LogP contribution in [-0.4, -0.2) is 44.1 Å². The second kappa shape index (κ2) is 9.33. The molecular weight excluding hydrogens is 396 g/mol. The van der Waals surface area contributed by atoms with Crippen molar-refractivity contribution in [3.63, 3.8) is 0 Å². The van der Waals surface area contributed by atoms with E-state index < -0.39 is 32.5 Å². The highest BCUT2D eigenvalue weighted by atomic mass is 32.2. The zero-order valence-corrected chi connectivity index (χ0v) is 17.1. The van der Waals surface area contributed by atoms with Crippen LogP contribution in [-0.2, 0) is 19.4 Å². The normalized spacial score (nSPS) is 12.0. The molecule has 0 saturated heterocycles. The maximum atomic E-state index is 12.5. The monoisotopic (exact) mass is 418 g/mol. The Kier molecular flexibility index (Phi) is 7.11. The van der Waals surface area contributed by atoms with Crippen LogP contribution in [0.5, 0.6) is 5.75 Å². The van der Waals surface area contributed by atoms with Gasteiger partial charge in [-0.05, 0) is 43.3 Å². The number of anilines is 2. The Morgan fingerprint density at radius 3 is 2.21 bits per heavy atom. The number of Topliss-reactive ketones (excluding diaryl/α,β-unsaturated/α-hetero) is 1. The van der Waals surface area contributed by atoms with Crippen LogP contribution < -0.4 is 15.4 Å². The van der Waals surface area contributed by atoms with Crippen molar-refractivity contribution in [3.8, 4) is 5.75 Å². The van der Waals surface area contributed by atoms with Gasteiger partial charge in [0.1, 0.15) is 16.8 Å². The van der Waals surface area contributed by atoms with Gasteiger partial charge in [-0.2, -0.15) is 0 Å². The van der Waals surface area contributed by atoms with Crippen LogP contribution in [0, 0.1) is 0 Å². The van der Waals surface area contributed by atoms with Gasteiger partial charge in [0.2, 0.25) is 11.8 Å². The summed E-state index contributed by atoms with van der Waals surface area (Å²) in [6.07, 6.45) is 0. The second-order valence-corrected chi connectivity index (χ2v) is 8.64. The van der Waals surface area contributed by atoms with Gasteiger partial charge in [0, 0.05) is 18.2 Å². The first-order valence-corrected chi connectivity index (χ1v) is 10.4. The van der Waals surface area contributed by atoms with E-state index >= 15 is 0 Å². The second-order valence-electron chi connectivity index (χ2n) is 6.32. The number of hydrogen-bond acceptors (Lipinski definition) is 6. The van der Waals surface area contributed by atoms with Crippen LogP contribution in [0.3, 0.4) is 0 Å². The lowest BCUT2D eigenvalue weighted by atomic mass is 10.1. The number of benzene rings is 2. The first kappa shape index (κ1) is 22.1. The van der Waals surface area contributed by atoms with Gasteiger partial charge in [-0.1, -0.05) is 12.1 Å². The summed E-state index contributed by atoms with van der Waals surface area (Å²) in [5.41, 5.74) is 0.990. The summed E-state index contributed by atoms with van der Waals surface area (Å²) in [7, 11) is -2.62. The fourth-order valence-electron chi connectivity index (χ4n) is 2.56. The molecule has 2 amide bonds. The van der Waals surface area contributed by atoms with Gasteiger partial charge in [-0.15, -0.1) is 0 Å². The van der Waals surface area contributed by atoms with Crippen LogP contribution in [0.15, 0.2) is 48.5 Å². The van der Waals surface area contributed by atoms with Crippen molar-refractivity contribution >= 4 is 38.8 Å². The van der Waals surface area contributed by atoms with Crippen molar-refractivity contribution in [2.24, 2.45) is 0 Å². The van der Waals surface area contributed by atoms with Gasteiger partial charge in [0.25, 0.3) is 0 Å². The van der Waals surface area contributed by atoms with Crippen molar-refractivity contribution in [3.05, 3.63) is 54.1 Å². The number of methoxy groups -OCH3 is 1. The molecule has 0 saturated carbocycles. The standard InChI is InChI=1S/C20H22N2O6S/c1-13(20(25)15-8-10-16(11-9-15)21-14(2)23)29(26,27)12-19(24)22-17-6-4-5-7-18(17)28-3/h4-11,13H,12H2,1-3H3,(H,21,23)(H,22,24). The number of hydrogen-bond donors (Lipinski definition) is 2. The van der Waals surface area contributed by atoms with E-state index in [9.17, 15) is 22.8 Å². The van der Waals surface area contributed by atoms with Gasteiger partial charge >= 0.3 is 0 Å². The lowest BCUT2D eigenvalue weighted by Crippen LogP contribution is -2.34. The topological polar surface area (TPSA) is 119 Å². The van der Waals surface area contributed by atoms with E-state index in [1.807, 2.05) is 0 Å². The summed E-state index contributed by atoms with van der Waals surface area (Å²) >= 11 is 0. The molecule has 0 radical (unpaired) electrons. The molecule has 1 unspecified atom stereocenters. The molecule has 0 aromatic heterocycles. The summed E-state index contributed by atoms with van der Waals surface area (Å²) in [4.78, 5) is 35.8. The molecule has 29 heavy (non-hydrogen) atoms. The molecule has 0 bridgehead atoms. The largest absolute Gasteiger partial charge is 0.495 e. The Bertz CT molecular complexity index is 1020. The van der Waals surface area contributed by atoms with E-state index in [1.165, 1.54) is 45.2 Å². The lowest BCUT2D eigenvalue weighted by molar-refractivity contribution is -0.114. The molecule has 8 nitrogen and oxygen atoms in total. The van der Waals surface area contributed by atoms with Crippen LogP contribution in [0.25, 0.3) is 0 Å². The molecule has 2 aromatic carbocycles. The lowest BCUT2D eigenvalue weighted by Gasteiger charge is -2.14. The highest BCUT2D eigenvalue weighted by Crippen LogP contribution is 2.23. The molecule has 0 aliphatic carbocycles. The molecule has 2 N–H and O–H groups in total. The minimum absolute atomic E-state index is 0.167. The SMILES string of the molecule is COc1ccccc1NC(=O)CS(=O)(=O)C(C)C(=O)c1ccc(NC(C)=O)cc1. The molecule has 0 fully saturated rings. The molecular formula is C20H22N2O6S. The first-order valence-electron chi connectivity index (χ1n) is 8.70. The molecule has 0 spiro atoms. The van der Waals surface area contributed by atoms with E-state index in [0.717, 1.165) is 0 Å². The van der Waals surface area contributed by atoms with Gasteiger partial charge in [0.15, 0.2) is 15.6 Å². The minimum atomic E-state index is -4.05. The number of ether oxygens (including phenoxy) is 1. The maximum absolute atomic E-state index is 12.5. The smallest absolute Gasteiger partial charge is 0.239 e. The van der Waals surface area contributed by atoms with Crippen molar-refractivity contribution < 1.29 is 27.5 Å². The number of para-hydroxylation sites is 2. The van der Waals surface area contributed by atoms with Crippen LogP contribution >= 0.6 is 0 Å². The quantitative estimate of drug-likeness (QED) is 0.635. The number of amides is 2. The summed E-state index contributed by atoms with van der Waals surface area (Å²) in [5, 5.41) is 3.63. The average Bonchev–Trinajstić information content (AvgIpc) is 2.67.